The van der Waals surface area contributed by atoms with E-state index in [0.717, 1.165) is 11.3 Å². The van der Waals surface area contributed by atoms with E-state index in [1.807, 2.05) is 0 Å². The predicted molar refractivity (Wildman–Crippen MR) is 103 cm³/mol. The number of benzene rings is 2. The minimum Gasteiger partial charge on any atom is -1.00 e. The monoisotopic (exact) mass is 484 g/mol. The van der Waals surface area contributed by atoms with Crippen LogP contribution in [0.4, 0.5) is 11.6 Å². The Morgan fingerprint density at radius 3 is 2.57 bits per heavy atom. The van der Waals surface area contributed by atoms with E-state index in [-0.39, 0.29) is 40.6 Å². The molecule has 3 rings (SSSR count). The minimum absolute atomic E-state index is 0. The molecule has 0 aliphatic carbocycles. The smallest absolute Gasteiger partial charge is 0.355 e. The van der Waals surface area contributed by atoms with Crippen molar-refractivity contribution in [2.75, 3.05) is 5.73 Å². The van der Waals surface area contributed by atoms with Crippen LogP contribution < -0.4 is 27.3 Å². The first-order valence-corrected chi connectivity index (χ1v) is 8.61. The summed E-state index contributed by atoms with van der Waals surface area (Å²) in [5, 5.41) is 11.7. The highest BCUT2D eigenvalue weighted by molar-refractivity contribution is 6.42. The summed E-state index contributed by atoms with van der Waals surface area (Å²) < 4.78 is 3.30. The highest BCUT2D eigenvalue weighted by atomic mass is 79.9. The van der Waals surface area contributed by atoms with Crippen LogP contribution >= 0.6 is 23.2 Å². The summed E-state index contributed by atoms with van der Waals surface area (Å²) in [4.78, 5) is 22.9. The van der Waals surface area contributed by atoms with Crippen LogP contribution in [0.25, 0.3) is 11.3 Å². The number of imidazole rings is 1. The lowest BCUT2D eigenvalue weighted by molar-refractivity contribution is -0.667. The zero-order valence-corrected chi connectivity index (χ0v) is 17.7. The maximum atomic E-state index is 12.6. The summed E-state index contributed by atoms with van der Waals surface area (Å²) in [5.74, 6) is 0.0662. The van der Waals surface area contributed by atoms with Gasteiger partial charge < -0.3 is 17.0 Å². The van der Waals surface area contributed by atoms with Crippen molar-refractivity contribution in [3.63, 3.8) is 0 Å². The van der Waals surface area contributed by atoms with Gasteiger partial charge in [0.25, 0.3) is 5.69 Å². The van der Waals surface area contributed by atoms with Gasteiger partial charge in [-0.25, -0.2) is 9.13 Å². The van der Waals surface area contributed by atoms with Crippen LogP contribution in [0.5, 0.6) is 0 Å². The van der Waals surface area contributed by atoms with E-state index in [1.54, 1.807) is 40.6 Å². The molecule has 0 atom stereocenters. The van der Waals surface area contributed by atoms with Crippen molar-refractivity contribution < 1.29 is 31.3 Å². The van der Waals surface area contributed by atoms with E-state index in [1.165, 1.54) is 24.3 Å². The van der Waals surface area contributed by atoms with Crippen LogP contribution in [-0.2, 0) is 13.6 Å². The van der Waals surface area contributed by atoms with E-state index in [0.29, 0.717) is 16.0 Å². The minimum atomic E-state index is -0.539. The summed E-state index contributed by atoms with van der Waals surface area (Å²) in [7, 11) is 1.77. The molecule has 1 aromatic heterocycles. The molecule has 0 fully saturated rings. The van der Waals surface area contributed by atoms with E-state index in [9.17, 15) is 14.9 Å². The standard InChI is InChI=1S/C18H14Cl2N4O3.BrH/c1-22-16(11-5-6-14(19)15(20)8-11)9-23(18(22)21)10-17(25)12-3-2-4-13(7-12)24(26)27;/h2-9,21H,10H2,1H3;1H. The number of nitro benzene ring substituents is 1. The third kappa shape index (κ3) is 4.35. The molecule has 3 aromatic rings. The first kappa shape index (κ1) is 21.9. The van der Waals surface area contributed by atoms with Gasteiger partial charge in [0.15, 0.2) is 5.78 Å². The number of rotatable bonds is 5. The van der Waals surface area contributed by atoms with Crippen LogP contribution in [0.3, 0.4) is 0 Å². The molecule has 2 N–H and O–H groups in total. The number of nitro groups is 1. The Balaban J connectivity index is 0.00000280. The fourth-order valence-electron chi connectivity index (χ4n) is 2.71. The number of non-ortho nitro benzene ring substituents is 1. The van der Waals surface area contributed by atoms with Gasteiger partial charge in [-0.2, -0.15) is 0 Å². The lowest BCUT2D eigenvalue weighted by Gasteiger charge is -2.01. The van der Waals surface area contributed by atoms with Crippen LogP contribution in [0, 0.1) is 10.1 Å². The fraction of sp³-hybridized carbons (Fsp3) is 0.111. The van der Waals surface area contributed by atoms with Crippen molar-refractivity contribution in [2.45, 2.75) is 6.54 Å². The lowest BCUT2D eigenvalue weighted by atomic mass is 10.1. The summed E-state index contributed by atoms with van der Waals surface area (Å²) in [6.45, 7) is -0.0534. The quantitative estimate of drug-likeness (QED) is 0.248. The molecule has 0 radical (unpaired) electrons. The highest BCUT2D eigenvalue weighted by Crippen LogP contribution is 2.28. The van der Waals surface area contributed by atoms with Gasteiger partial charge in [-0.15, -0.1) is 0 Å². The molecule has 7 nitrogen and oxygen atoms in total. The SMILES string of the molecule is Cn1c(-c2ccc(Cl)c(Cl)c2)c[n+](CC(=O)c2cccc([N+](=O)[O-])c2)c1N.[Br-]. The number of hydrogen-bond acceptors (Lipinski definition) is 4. The van der Waals surface area contributed by atoms with E-state index < -0.39 is 4.92 Å². The predicted octanol–water partition coefficient (Wildman–Crippen LogP) is 0.664. The molecule has 0 saturated carbocycles. The van der Waals surface area contributed by atoms with Crippen molar-refractivity contribution in [2.24, 2.45) is 7.05 Å². The maximum absolute atomic E-state index is 12.6. The topological polar surface area (TPSA) is 95.0 Å². The highest BCUT2D eigenvalue weighted by Gasteiger charge is 2.21. The largest absolute Gasteiger partial charge is 1.00 e. The van der Waals surface area contributed by atoms with E-state index in [4.69, 9.17) is 28.9 Å². The number of anilines is 1. The van der Waals surface area contributed by atoms with Gasteiger partial charge in [-0.05, 0) is 18.2 Å². The average Bonchev–Trinajstić information content (AvgIpc) is 2.92. The van der Waals surface area contributed by atoms with Crippen LogP contribution in [0.2, 0.25) is 10.0 Å². The fourth-order valence-corrected chi connectivity index (χ4v) is 3.00. The van der Waals surface area contributed by atoms with Gasteiger partial charge in [0.05, 0.1) is 22.0 Å². The second kappa shape index (κ2) is 8.72. The number of nitrogens with zero attached hydrogens (tertiary/aromatic N) is 3. The second-order valence-electron chi connectivity index (χ2n) is 5.92. The van der Waals surface area contributed by atoms with Gasteiger partial charge >= 0.3 is 5.95 Å². The van der Waals surface area contributed by atoms with E-state index in [2.05, 4.69) is 0 Å². The third-order valence-electron chi connectivity index (χ3n) is 4.19. The molecule has 146 valence electrons. The molecule has 0 amide bonds. The molecule has 0 aliphatic heterocycles. The van der Waals surface area contributed by atoms with Crippen LogP contribution in [0.15, 0.2) is 48.7 Å². The Kier molecular flexibility index (Phi) is 6.82. The molecule has 2 aromatic carbocycles. The van der Waals surface area contributed by atoms with Crippen molar-refractivity contribution in [1.82, 2.24) is 4.57 Å². The molecule has 0 unspecified atom stereocenters. The second-order valence-corrected chi connectivity index (χ2v) is 6.73. The van der Waals surface area contributed by atoms with E-state index >= 15 is 0 Å². The van der Waals surface area contributed by atoms with Crippen molar-refractivity contribution in [3.8, 4) is 11.3 Å². The number of carbonyl (C=O) groups is 1. The van der Waals surface area contributed by atoms with Crippen LogP contribution in [-0.4, -0.2) is 15.3 Å². The van der Waals surface area contributed by atoms with Crippen molar-refractivity contribution in [1.29, 1.82) is 0 Å². The number of halogens is 3. The first-order valence-electron chi connectivity index (χ1n) is 7.85. The Bertz CT molecular complexity index is 1070. The zero-order valence-electron chi connectivity index (χ0n) is 14.6. The first-order chi connectivity index (χ1) is 12.8. The number of aromatic nitrogens is 2. The molecular formula is C18H15BrCl2N4O3. The molecule has 0 spiro atoms. The summed E-state index contributed by atoms with van der Waals surface area (Å²) in [5.41, 5.74) is 7.77. The van der Waals surface area contributed by atoms with Gasteiger partial charge in [-0.3, -0.25) is 20.6 Å². The number of ketones is 1. The molecule has 28 heavy (non-hydrogen) atoms. The third-order valence-corrected chi connectivity index (χ3v) is 4.92. The zero-order chi connectivity index (χ0) is 19.7. The number of nitrogens with two attached hydrogens (primary N) is 1. The molecule has 0 aliphatic rings. The Hall–Kier alpha value is -2.42. The molecule has 0 bridgehead atoms. The summed E-state index contributed by atoms with van der Waals surface area (Å²) in [6, 6.07) is 10.8. The maximum Gasteiger partial charge on any atom is 0.355 e. The van der Waals surface area contributed by atoms with Crippen LogP contribution in [0.1, 0.15) is 10.4 Å². The number of Topliss-reactive ketones (excluding diaryl/α,β-unsaturated/α-hetero) is 1. The van der Waals surface area contributed by atoms with Crippen molar-refractivity contribution >= 4 is 40.6 Å². The molecule has 1 heterocycles. The normalized spacial score (nSPS) is 10.4. The number of carbonyl (C=O) groups excluding carboxylic acids is 1. The van der Waals surface area contributed by atoms with Gasteiger partial charge in [0.1, 0.15) is 18.4 Å². The van der Waals surface area contributed by atoms with Crippen molar-refractivity contribution in [3.05, 3.63) is 74.4 Å². The summed E-state index contributed by atoms with van der Waals surface area (Å²) >= 11 is 12.0. The Morgan fingerprint density at radius 1 is 1.21 bits per heavy atom. The summed E-state index contributed by atoms with van der Waals surface area (Å²) in [6.07, 6.45) is 1.73. The Labute approximate surface area is 181 Å². The Morgan fingerprint density at radius 2 is 1.93 bits per heavy atom. The molecular weight excluding hydrogens is 471 g/mol. The van der Waals surface area contributed by atoms with Gasteiger partial charge in [-0.1, -0.05) is 35.3 Å². The lowest BCUT2D eigenvalue weighted by Crippen LogP contribution is -3.00. The average molecular weight is 486 g/mol. The molecule has 0 saturated heterocycles. The number of hydrogen-bond donors (Lipinski definition) is 1. The molecule has 10 heteroatoms. The van der Waals surface area contributed by atoms with Gasteiger partial charge in [0.2, 0.25) is 0 Å². The number of nitrogen functional groups attached to an aromatic ring is 1. The van der Waals surface area contributed by atoms with Gasteiger partial charge in [0, 0.05) is 23.3 Å².